The molecule has 0 N–H and O–H groups in total. The molecule has 1 heterocycles. The van der Waals surface area contributed by atoms with E-state index >= 15 is 0 Å². The van der Waals surface area contributed by atoms with E-state index in [1.54, 1.807) is 36.4 Å². The van der Waals surface area contributed by atoms with Crippen LogP contribution in [0.15, 0.2) is 59.4 Å². The number of ether oxygens (including phenoxy) is 2. The van der Waals surface area contributed by atoms with Crippen molar-refractivity contribution in [2.24, 2.45) is 7.05 Å². The van der Waals surface area contributed by atoms with E-state index in [0.29, 0.717) is 22.6 Å². The van der Waals surface area contributed by atoms with E-state index in [1.165, 1.54) is 14.2 Å². The molecule has 32 heavy (non-hydrogen) atoms. The van der Waals surface area contributed by atoms with Crippen LogP contribution < -0.4 is 15.2 Å². The van der Waals surface area contributed by atoms with Crippen LogP contribution in [0, 0.1) is 18.6 Å². The zero-order valence-corrected chi connectivity index (χ0v) is 17.7. The van der Waals surface area contributed by atoms with Gasteiger partial charge >= 0.3 is 5.69 Å². The number of aryl methyl sites for hydroxylation is 2. The summed E-state index contributed by atoms with van der Waals surface area (Å²) in [5.41, 5.74) is 1.78. The summed E-state index contributed by atoms with van der Waals surface area (Å²) in [6.45, 7) is 1.82. The van der Waals surface area contributed by atoms with E-state index < -0.39 is 17.3 Å². The first-order chi connectivity index (χ1) is 15.4. The molecule has 0 amide bonds. The Kier molecular flexibility index (Phi) is 5.72. The van der Waals surface area contributed by atoms with Gasteiger partial charge in [0.15, 0.2) is 0 Å². The van der Waals surface area contributed by atoms with E-state index in [4.69, 9.17) is 9.47 Å². The van der Waals surface area contributed by atoms with Gasteiger partial charge in [0.25, 0.3) is 0 Å². The van der Waals surface area contributed by atoms with Crippen molar-refractivity contribution in [2.75, 3.05) is 7.11 Å². The van der Waals surface area contributed by atoms with Gasteiger partial charge in [-0.1, -0.05) is 24.3 Å². The molecule has 0 unspecified atom stereocenters. The van der Waals surface area contributed by atoms with Gasteiger partial charge < -0.3 is 9.47 Å². The van der Waals surface area contributed by atoms with Gasteiger partial charge in [-0.2, -0.15) is 9.36 Å². The van der Waals surface area contributed by atoms with Crippen LogP contribution in [0.2, 0.25) is 0 Å². The maximum Gasteiger partial charge on any atom is 0.368 e. The Hall–Kier alpha value is -4.01. The van der Waals surface area contributed by atoms with Crippen molar-refractivity contribution < 1.29 is 18.3 Å². The molecule has 1 aromatic heterocycles. The first-order valence-corrected chi connectivity index (χ1v) is 9.73. The molecule has 4 aromatic rings. The Morgan fingerprint density at radius 2 is 1.66 bits per heavy atom. The van der Waals surface area contributed by atoms with Crippen molar-refractivity contribution in [2.45, 2.75) is 13.5 Å². The average Bonchev–Trinajstić information content (AvgIpc) is 3.11. The number of hydrogen-bond acceptors (Lipinski definition) is 5. The lowest BCUT2D eigenvalue weighted by Gasteiger charge is -2.14. The Labute approximate surface area is 182 Å². The first kappa shape index (κ1) is 21.2. The molecule has 0 atom stereocenters. The molecule has 0 aliphatic heterocycles. The second kappa shape index (κ2) is 8.62. The third-order valence-corrected chi connectivity index (χ3v) is 5.11. The Morgan fingerprint density at radius 1 is 0.969 bits per heavy atom. The molecule has 0 fully saturated rings. The van der Waals surface area contributed by atoms with Gasteiger partial charge in [0, 0.05) is 24.7 Å². The van der Waals surface area contributed by atoms with Crippen LogP contribution >= 0.6 is 0 Å². The van der Waals surface area contributed by atoms with Gasteiger partial charge in [0.1, 0.15) is 29.7 Å². The second-order valence-corrected chi connectivity index (χ2v) is 7.15. The van der Waals surface area contributed by atoms with Gasteiger partial charge in [0.2, 0.25) is 0 Å². The molecule has 0 aliphatic carbocycles. The van der Waals surface area contributed by atoms with Crippen LogP contribution in [0.25, 0.3) is 16.8 Å². The van der Waals surface area contributed by atoms with Crippen molar-refractivity contribution in [1.29, 1.82) is 0 Å². The minimum absolute atomic E-state index is 0.0220. The van der Waals surface area contributed by atoms with E-state index in [1.807, 2.05) is 13.0 Å². The summed E-state index contributed by atoms with van der Waals surface area (Å²) in [5, 5.41) is 7.58. The normalized spacial score (nSPS) is 10.9. The van der Waals surface area contributed by atoms with Gasteiger partial charge in [-0.3, -0.25) is 0 Å². The maximum absolute atomic E-state index is 14.8. The summed E-state index contributed by atoms with van der Waals surface area (Å²) >= 11 is 0. The summed E-state index contributed by atoms with van der Waals surface area (Å²) < 4.78 is 42.6. The number of benzene rings is 3. The molecule has 7 nitrogen and oxygen atoms in total. The van der Waals surface area contributed by atoms with Crippen LogP contribution in [0.3, 0.4) is 0 Å². The lowest BCUT2D eigenvalue weighted by atomic mass is 10.0. The van der Waals surface area contributed by atoms with Crippen LogP contribution in [0.5, 0.6) is 11.5 Å². The van der Waals surface area contributed by atoms with Crippen molar-refractivity contribution in [1.82, 2.24) is 19.8 Å². The summed E-state index contributed by atoms with van der Waals surface area (Å²) in [6, 6.07) is 14.0. The highest BCUT2D eigenvalue weighted by Crippen LogP contribution is 2.31. The largest absolute Gasteiger partial charge is 0.497 e. The van der Waals surface area contributed by atoms with Gasteiger partial charge in [-0.15, -0.1) is 0 Å². The lowest BCUT2D eigenvalue weighted by Crippen LogP contribution is -2.23. The highest BCUT2D eigenvalue weighted by atomic mass is 19.1. The average molecular weight is 438 g/mol. The molecule has 0 bridgehead atoms. The van der Waals surface area contributed by atoms with E-state index in [-0.39, 0.29) is 17.9 Å². The minimum atomic E-state index is -0.750. The fourth-order valence-electron chi connectivity index (χ4n) is 3.36. The van der Waals surface area contributed by atoms with Crippen molar-refractivity contribution in [3.8, 4) is 28.3 Å². The van der Waals surface area contributed by atoms with E-state index in [2.05, 4.69) is 10.4 Å². The summed E-state index contributed by atoms with van der Waals surface area (Å²) in [4.78, 5) is 12.3. The monoisotopic (exact) mass is 438 g/mol. The summed E-state index contributed by atoms with van der Waals surface area (Å²) in [7, 11) is 3.01. The molecular weight excluding hydrogens is 418 g/mol. The predicted octanol–water partition coefficient (Wildman–Crippen LogP) is 3.81. The molecule has 0 spiro atoms. The van der Waals surface area contributed by atoms with Crippen LogP contribution in [-0.4, -0.2) is 26.9 Å². The van der Waals surface area contributed by atoms with E-state index in [0.717, 1.165) is 27.1 Å². The maximum atomic E-state index is 14.8. The van der Waals surface area contributed by atoms with Gasteiger partial charge in [-0.25, -0.2) is 13.6 Å². The van der Waals surface area contributed by atoms with Crippen LogP contribution in [-0.2, 0) is 13.7 Å². The SMILES string of the molecule is COc1ccc(-c2c(F)cc(OCc3c(C)cccc3-n3nnn(C)c3=O)cc2F)cc1. The topological polar surface area (TPSA) is 71.2 Å². The quantitative estimate of drug-likeness (QED) is 0.458. The number of aromatic nitrogens is 4. The Balaban J connectivity index is 1.63. The van der Waals surface area contributed by atoms with Crippen molar-refractivity contribution >= 4 is 0 Å². The fraction of sp³-hybridized carbons (Fsp3) is 0.174. The van der Waals surface area contributed by atoms with Crippen LogP contribution in [0.4, 0.5) is 8.78 Å². The number of hydrogen-bond donors (Lipinski definition) is 0. The smallest absolute Gasteiger partial charge is 0.368 e. The number of nitrogens with zero attached hydrogens (tertiary/aromatic N) is 4. The molecule has 0 radical (unpaired) electrons. The molecule has 3 aromatic carbocycles. The number of tetrazole rings is 1. The summed E-state index contributed by atoms with van der Waals surface area (Å²) in [6.07, 6.45) is 0. The second-order valence-electron chi connectivity index (χ2n) is 7.15. The van der Waals surface area contributed by atoms with Gasteiger partial charge in [-0.05, 0) is 46.7 Å². The zero-order chi connectivity index (χ0) is 22.8. The van der Waals surface area contributed by atoms with Crippen molar-refractivity contribution in [3.63, 3.8) is 0 Å². The molecule has 0 aliphatic rings. The highest BCUT2D eigenvalue weighted by molar-refractivity contribution is 5.66. The van der Waals surface area contributed by atoms with Crippen molar-refractivity contribution in [3.05, 3.63) is 87.8 Å². The molecule has 0 saturated heterocycles. The molecule has 164 valence electrons. The Morgan fingerprint density at radius 3 is 2.25 bits per heavy atom. The third-order valence-electron chi connectivity index (χ3n) is 5.11. The zero-order valence-electron chi connectivity index (χ0n) is 17.7. The predicted molar refractivity (Wildman–Crippen MR) is 114 cm³/mol. The summed E-state index contributed by atoms with van der Waals surface area (Å²) in [5.74, 6) is -0.885. The number of rotatable bonds is 6. The highest BCUT2D eigenvalue weighted by Gasteiger charge is 2.17. The standard InChI is InChI=1S/C23H20F2N4O3/c1-14-5-4-6-21(29-23(30)28(2)26-27-29)18(14)13-32-17-11-19(24)22(20(25)12-17)15-7-9-16(31-3)10-8-15/h4-12H,13H2,1-3H3. The first-order valence-electron chi connectivity index (χ1n) is 9.73. The lowest BCUT2D eigenvalue weighted by molar-refractivity contribution is 0.301. The third kappa shape index (κ3) is 3.96. The van der Waals surface area contributed by atoms with Gasteiger partial charge in [0.05, 0.1) is 18.4 Å². The van der Waals surface area contributed by atoms with Crippen LogP contribution in [0.1, 0.15) is 11.1 Å². The number of halogens is 2. The molecule has 9 heteroatoms. The molecular formula is C23H20F2N4O3. The fourth-order valence-corrected chi connectivity index (χ4v) is 3.36. The van der Waals surface area contributed by atoms with E-state index in [9.17, 15) is 13.6 Å². The Bertz CT molecular complexity index is 1310. The number of methoxy groups -OCH3 is 1. The molecule has 4 rings (SSSR count). The molecule has 0 saturated carbocycles. The minimum Gasteiger partial charge on any atom is -0.497 e.